The SMILES string of the molecule is CN=C(NCc1ccc([N+](=O)[O-])cc1)N1CC2OCCN(Cc3ccccc3)C2C1.I. The third kappa shape index (κ3) is 5.72. The molecule has 2 fully saturated rings. The van der Waals surface area contributed by atoms with Gasteiger partial charge in [0.05, 0.1) is 23.7 Å². The maximum atomic E-state index is 10.8. The number of nitro benzene ring substituents is 1. The molecular formula is C22H28IN5O3. The van der Waals surface area contributed by atoms with Crippen molar-refractivity contribution in [3.8, 4) is 0 Å². The molecule has 2 atom stereocenters. The van der Waals surface area contributed by atoms with E-state index >= 15 is 0 Å². The molecule has 166 valence electrons. The van der Waals surface area contributed by atoms with Gasteiger partial charge in [-0.25, -0.2) is 0 Å². The summed E-state index contributed by atoms with van der Waals surface area (Å²) < 4.78 is 6.06. The Labute approximate surface area is 199 Å². The number of guanidine groups is 1. The largest absolute Gasteiger partial charge is 0.373 e. The van der Waals surface area contributed by atoms with Crippen LogP contribution in [0, 0.1) is 10.1 Å². The van der Waals surface area contributed by atoms with Crippen LogP contribution in [0.4, 0.5) is 5.69 Å². The molecule has 4 rings (SSSR count). The van der Waals surface area contributed by atoms with Gasteiger partial charge >= 0.3 is 0 Å². The maximum absolute atomic E-state index is 10.8. The fourth-order valence-corrected chi connectivity index (χ4v) is 4.19. The molecule has 2 aromatic rings. The van der Waals surface area contributed by atoms with Crippen molar-refractivity contribution in [3.63, 3.8) is 0 Å². The predicted molar refractivity (Wildman–Crippen MR) is 131 cm³/mol. The average Bonchev–Trinajstić information content (AvgIpc) is 3.20. The number of aliphatic imine (C=N–C) groups is 1. The number of nitrogens with zero attached hydrogens (tertiary/aromatic N) is 4. The molecule has 0 amide bonds. The van der Waals surface area contributed by atoms with Crippen molar-refractivity contribution < 1.29 is 9.66 Å². The third-order valence-electron chi connectivity index (χ3n) is 5.75. The van der Waals surface area contributed by atoms with E-state index in [0.717, 1.165) is 44.3 Å². The Morgan fingerprint density at radius 2 is 1.90 bits per heavy atom. The summed E-state index contributed by atoms with van der Waals surface area (Å²) in [7, 11) is 1.78. The molecule has 2 unspecified atom stereocenters. The summed E-state index contributed by atoms with van der Waals surface area (Å²) in [5.41, 5.74) is 2.39. The number of morpholine rings is 1. The Hall–Kier alpha value is -2.24. The quantitative estimate of drug-likeness (QED) is 0.208. The van der Waals surface area contributed by atoms with Gasteiger partial charge in [-0.2, -0.15) is 0 Å². The first-order valence-electron chi connectivity index (χ1n) is 10.2. The van der Waals surface area contributed by atoms with Crippen LogP contribution in [0.5, 0.6) is 0 Å². The Morgan fingerprint density at radius 1 is 1.16 bits per heavy atom. The van der Waals surface area contributed by atoms with E-state index in [0.29, 0.717) is 12.6 Å². The van der Waals surface area contributed by atoms with Crippen LogP contribution in [-0.4, -0.2) is 66.1 Å². The zero-order valence-corrected chi connectivity index (χ0v) is 19.8. The topological polar surface area (TPSA) is 83.2 Å². The normalized spacial score (nSPS) is 21.3. The zero-order valence-electron chi connectivity index (χ0n) is 17.5. The van der Waals surface area contributed by atoms with Gasteiger partial charge in [-0.05, 0) is 11.1 Å². The van der Waals surface area contributed by atoms with Crippen molar-refractivity contribution in [3.05, 3.63) is 75.8 Å². The van der Waals surface area contributed by atoms with Crippen molar-refractivity contribution in [1.82, 2.24) is 15.1 Å². The van der Waals surface area contributed by atoms with Crippen molar-refractivity contribution in [2.45, 2.75) is 25.2 Å². The number of rotatable bonds is 5. The van der Waals surface area contributed by atoms with Crippen LogP contribution in [0.2, 0.25) is 0 Å². The molecule has 0 spiro atoms. The zero-order chi connectivity index (χ0) is 20.9. The highest BCUT2D eigenvalue weighted by Crippen LogP contribution is 2.24. The van der Waals surface area contributed by atoms with Gasteiger partial charge in [-0.15, -0.1) is 24.0 Å². The molecule has 0 aliphatic carbocycles. The number of halogens is 1. The van der Waals surface area contributed by atoms with Crippen LogP contribution in [0.3, 0.4) is 0 Å². The highest BCUT2D eigenvalue weighted by atomic mass is 127. The molecule has 2 aliphatic heterocycles. The summed E-state index contributed by atoms with van der Waals surface area (Å²) in [6, 6.07) is 17.5. The second kappa shape index (κ2) is 10.9. The molecule has 2 heterocycles. The number of nitro groups is 1. The van der Waals surface area contributed by atoms with Crippen LogP contribution in [0.1, 0.15) is 11.1 Å². The minimum Gasteiger partial charge on any atom is -0.373 e. The van der Waals surface area contributed by atoms with E-state index in [-0.39, 0.29) is 40.7 Å². The van der Waals surface area contributed by atoms with E-state index in [1.807, 2.05) is 6.07 Å². The Bertz CT molecular complexity index is 894. The van der Waals surface area contributed by atoms with Crippen molar-refractivity contribution >= 4 is 35.6 Å². The second-order valence-electron chi connectivity index (χ2n) is 7.66. The lowest BCUT2D eigenvalue weighted by Gasteiger charge is -2.36. The van der Waals surface area contributed by atoms with E-state index in [4.69, 9.17) is 4.74 Å². The van der Waals surface area contributed by atoms with Crippen molar-refractivity contribution in [1.29, 1.82) is 0 Å². The summed E-state index contributed by atoms with van der Waals surface area (Å²) >= 11 is 0. The van der Waals surface area contributed by atoms with Crippen LogP contribution in [0.15, 0.2) is 59.6 Å². The summed E-state index contributed by atoms with van der Waals surface area (Å²) in [5.74, 6) is 0.825. The standard InChI is InChI=1S/C22H27N5O3.HI/c1-23-22(24-13-17-7-9-19(10-8-17)27(28)29)26-15-20-21(16-26)30-12-11-25(20)14-18-5-3-2-4-6-18;/h2-10,20-21H,11-16H2,1H3,(H,23,24);1H. The number of ether oxygens (including phenoxy) is 1. The van der Waals surface area contributed by atoms with E-state index in [1.54, 1.807) is 19.2 Å². The van der Waals surface area contributed by atoms with Gasteiger partial charge in [-0.1, -0.05) is 42.5 Å². The second-order valence-corrected chi connectivity index (χ2v) is 7.66. The van der Waals surface area contributed by atoms with Crippen LogP contribution >= 0.6 is 24.0 Å². The molecule has 31 heavy (non-hydrogen) atoms. The number of hydrogen-bond acceptors (Lipinski definition) is 5. The van der Waals surface area contributed by atoms with Crippen molar-refractivity contribution in [2.24, 2.45) is 4.99 Å². The highest BCUT2D eigenvalue weighted by Gasteiger charge is 2.41. The molecule has 9 heteroatoms. The van der Waals surface area contributed by atoms with Gasteiger partial charge < -0.3 is 15.0 Å². The lowest BCUT2D eigenvalue weighted by Crippen LogP contribution is -2.50. The average molecular weight is 537 g/mol. The van der Waals surface area contributed by atoms with Gasteiger partial charge in [-0.3, -0.25) is 20.0 Å². The molecule has 8 nitrogen and oxygen atoms in total. The molecule has 2 aromatic carbocycles. The first-order valence-corrected chi connectivity index (χ1v) is 10.2. The maximum Gasteiger partial charge on any atom is 0.269 e. The number of likely N-dealkylation sites (tertiary alicyclic amines) is 1. The summed E-state index contributed by atoms with van der Waals surface area (Å²) in [6.07, 6.45) is 0.167. The molecule has 0 saturated carbocycles. The number of benzene rings is 2. The van der Waals surface area contributed by atoms with E-state index in [2.05, 4.69) is 44.4 Å². The molecular weight excluding hydrogens is 509 g/mol. The van der Waals surface area contributed by atoms with Gasteiger partial charge in [0.1, 0.15) is 0 Å². The number of nitrogens with one attached hydrogen (secondary N) is 1. The smallest absolute Gasteiger partial charge is 0.269 e. The Kier molecular flexibility index (Phi) is 8.22. The van der Waals surface area contributed by atoms with Gasteiger partial charge in [0.2, 0.25) is 0 Å². The lowest BCUT2D eigenvalue weighted by molar-refractivity contribution is -0.384. The summed E-state index contributed by atoms with van der Waals surface area (Å²) in [5, 5.41) is 14.2. The van der Waals surface area contributed by atoms with Gasteiger partial charge in [0.15, 0.2) is 5.96 Å². The molecule has 0 bridgehead atoms. The fourth-order valence-electron chi connectivity index (χ4n) is 4.19. The van der Waals surface area contributed by atoms with Crippen LogP contribution in [-0.2, 0) is 17.8 Å². The molecule has 1 N–H and O–H groups in total. The first-order chi connectivity index (χ1) is 14.6. The number of non-ortho nitro benzene ring substituents is 1. The highest BCUT2D eigenvalue weighted by molar-refractivity contribution is 14.0. The molecule has 0 aromatic heterocycles. The third-order valence-corrected chi connectivity index (χ3v) is 5.75. The Balaban J connectivity index is 0.00000272. The summed E-state index contributed by atoms with van der Waals surface area (Å²) in [4.78, 5) is 19.6. The lowest BCUT2D eigenvalue weighted by atomic mass is 10.1. The van der Waals surface area contributed by atoms with Crippen molar-refractivity contribution in [2.75, 3.05) is 33.3 Å². The van der Waals surface area contributed by atoms with E-state index in [1.165, 1.54) is 17.7 Å². The van der Waals surface area contributed by atoms with Crippen LogP contribution < -0.4 is 5.32 Å². The molecule has 2 aliphatic rings. The molecule has 2 saturated heterocycles. The monoisotopic (exact) mass is 537 g/mol. The number of hydrogen-bond donors (Lipinski definition) is 1. The summed E-state index contributed by atoms with van der Waals surface area (Å²) in [6.45, 7) is 4.82. The molecule has 0 radical (unpaired) electrons. The predicted octanol–water partition coefficient (Wildman–Crippen LogP) is 2.87. The first kappa shape index (κ1) is 23.4. The van der Waals surface area contributed by atoms with E-state index < -0.39 is 0 Å². The fraction of sp³-hybridized carbons (Fsp3) is 0.409. The van der Waals surface area contributed by atoms with Crippen LogP contribution in [0.25, 0.3) is 0 Å². The number of fused-ring (bicyclic) bond motifs is 1. The van der Waals surface area contributed by atoms with Gasteiger partial charge in [0.25, 0.3) is 5.69 Å². The van der Waals surface area contributed by atoms with Gasteiger partial charge in [0, 0.05) is 51.9 Å². The Morgan fingerprint density at radius 3 is 2.58 bits per heavy atom. The van der Waals surface area contributed by atoms with E-state index in [9.17, 15) is 10.1 Å². The minimum absolute atomic E-state index is 0. The minimum atomic E-state index is -0.386.